The number of hydrogen-bond donors (Lipinski definition) is 2. The van der Waals surface area contributed by atoms with Gasteiger partial charge in [-0.15, -0.1) is 0 Å². The molecule has 0 fully saturated rings. The van der Waals surface area contributed by atoms with Crippen LogP contribution in [-0.2, 0) is 20.2 Å². The van der Waals surface area contributed by atoms with Crippen molar-refractivity contribution in [3.8, 4) is 0 Å². The molecular weight excluding hydrogens is 354 g/mol. The molecule has 2 aromatic carbocycles. The maximum atomic E-state index is 11.0. The second-order valence-electron chi connectivity index (χ2n) is 4.03. The van der Waals surface area contributed by atoms with Crippen molar-refractivity contribution in [3.63, 3.8) is 0 Å². The van der Waals surface area contributed by atoms with Crippen molar-refractivity contribution in [2.75, 3.05) is 11.5 Å². The van der Waals surface area contributed by atoms with Gasteiger partial charge in [0.25, 0.3) is 0 Å². The molecule has 0 atom stereocenters. The summed E-state index contributed by atoms with van der Waals surface area (Å²) in [4.78, 5) is -1.27. The van der Waals surface area contributed by atoms with Crippen LogP contribution in [0.3, 0.4) is 0 Å². The third-order valence-electron chi connectivity index (χ3n) is 2.63. The summed E-state index contributed by atoms with van der Waals surface area (Å²) in [6, 6.07) is 3.68. The average molecular weight is 362 g/mol. The molecule has 2 rings (SSSR count). The molecule has 0 aliphatic carbocycles. The van der Waals surface area contributed by atoms with Crippen LogP contribution in [0.5, 0.6) is 0 Å². The van der Waals surface area contributed by atoms with Crippen LogP contribution < -0.4 is 70.6 Å². The molecule has 0 saturated heterocycles. The van der Waals surface area contributed by atoms with Crippen LogP contribution in [0, 0.1) is 0 Å². The topological polar surface area (TPSA) is 166 Å². The van der Waals surface area contributed by atoms with E-state index in [1.54, 1.807) is 0 Å². The Labute approximate surface area is 171 Å². The second-order valence-corrected chi connectivity index (χ2v) is 6.79. The number of anilines is 2. The van der Waals surface area contributed by atoms with Crippen LogP contribution in [0.25, 0.3) is 10.8 Å². The van der Waals surface area contributed by atoms with Crippen molar-refractivity contribution in [2.24, 2.45) is 0 Å². The molecule has 0 aliphatic rings. The Bertz CT molecular complexity index is 855. The number of hydrogen-bond acceptors (Lipinski definition) is 8. The van der Waals surface area contributed by atoms with E-state index in [9.17, 15) is 25.9 Å². The van der Waals surface area contributed by atoms with Gasteiger partial charge in [-0.1, -0.05) is 0 Å². The van der Waals surface area contributed by atoms with Crippen molar-refractivity contribution in [1.82, 2.24) is 0 Å². The van der Waals surface area contributed by atoms with Crippen molar-refractivity contribution in [3.05, 3.63) is 24.3 Å². The molecule has 0 saturated carbocycles. The van der Waals surface area contributed by atoms with Crippen LogP contribution >= 0.6 is 0 Å². The van der Waals surface area contributed by atoms with Crippen LogP contribution in [0.15, 0.2) is 34.1 Å². The number of fused-ring (bicyclic) bond motifs is 1. The Balaban J connectivity index is 0.00000220. The average Bonchev–Trinajstić information content (AvgIpc) is 2.25. The zero-order chi connectivity index (χ0) is 15.3. The normalized spacial score (nSPS) is 11.5. The molecule has 0 spiro atoms. The van der Waals surface area contributed by atoms with Gasteiger partial charge in [0.15, 0.2) is 0 Å². The quantitative estimate of drug-likeness (QED) is 0.302. The van der Waals surface area contributed by atoms with Crippen molar-refractivity contribution >= 4 is 42.4 Å². The van der Waals surface area contributed by atoms with Gasteiger partial charge in [-0.05, 0) is 29.7 Å². The second kappa shape index (κ2) is 7.34. The summed E-state index contributed by atoms with van der Waals surface area (Å²) in [6.07, 6.45) is 0. The molecule has 0 aliphatic heterocycles. The standard InChI is InChI=1S/C10H10N2O6S2.2Na/c11-8-3-6(19(13,14)15)1-5-2-7(20(16,17)18)4-9(12)10(5)8;;/h1-4H,11-12H2,(H,13,14,15)(H,16,17,18);;/q;2*+1/p-2. The molecule has 8 nitrogen and oxygen atoms in total. The van der Waals surface area contributed by atoms with E-state index in [-0.39, 0.29) is 81.3 Å². The smallest absolute Gasteiger partial charge is 0.744 e. The Kier molecular flexibility index (Phi) is 7.38. The van der Waals surface area contributed by atoms with E-state index >= 15 is 0 Å². The number of nitrogens with two attached hydrogens (primary N) is 2. The van der Waals surface area contributed by atoms with E-state index in [1.807, 2.05) is 0 Å². The van der Waals surface area contributed by atoms with Crippen molar-refractivity contribution in [1.29, 1.82) is 0 Å². The van der Waals surface area contributed by atoms with E-state index in [0.717, 1.165) is 24.3 Å². The number of rotatable bonds is 2. The summed E-state index contributed by atoms with van der Waals surface area (Å²) >= 11 is 0. The van der Waals surface area contributed by atoms with Gasteiger partial charge in [-0.3, -0.25) is 0 Å². The van der Waals surface area contributed by atoms with Crippen LogP contribution in [0.1, 0.15) is 0 Å². The van der Waals surface area contributed by atoms with E-state index in [4.69, 9.17) is 11.5 Å². The first-order valence-corrected chi connectivity index (χ1v) is 7.86. The molecule has 0 unspecified atom stereocenters. The van der Waals surface area contributed by atoms with Gasteiger partial charge in [-0.2, -0.15) is 0 Å². The molecule has 0 radical (unpaired) electrons. The van der Waals surface area contributed by atoms with Gasteiger partial charge >= 0.3 is 59.1 Å². The monoisotopic (exact) mass is 362 g/mol. The fraction of sp³-hybridized carbons (Fsp3) is 0. The largest absolute Gasteiger partial charge is 1.00 e. The maximum absolute atomic E-state index is 11.0. The summed E-state index contributed by atoms with van der Waals surface area (Å²) in [5.41, 5.74) is 11.0. The zero-order valence-electron chi connectivity index (χ0n) is 11.7. The third kappa shape index (κ3) is 4.57. The van der Waals surface area contributed by atoms with E-state index in [2.05, 4.69) is 0 Å². The van der Waals surface area contributed by atoms with Crippen LogP contribution in [-0.4, -0.2) is 25.9 Å². The van der Waals surface area contributed by atoms with Gasteiger partial charge in [0, 0.05) is 16.8 Å². The summed E-state index contributed by atoms with van der Waals surface area (Å²) in [5.74, 6) is 0. The molecule has 4 N–H and O–H groups in total. The summed E-state index contributed by atoms with van der Waals surface area (Å²) in [7, 11) is -9.55. The van der Waals surface area contributed by atoms with Crippen molar-refractivity contribution in [2.45, 2.75) is 9.79 Å². The summed E-state index contributed by atoms with van der Waals surface area (Å²) < 4.78 is 65.8. The van der Waals surface area contributed by atoms with Gasteiger partial charge in [0.1, 0.15) is 20.2 Å². The van der Waals surface area contributed by atoms with E-state index in [0.29, 0.717) is 0 Å². The van der Waals surface area contributed by atoms with E-state index in [1.165, 1.54) is 0 Å². The first kappa shape index (κ1) is 22.1. The maximum Gasteiger partial charge on any atom is 1.00 e. The van der Waals surface area contributed by atoms with Gasteiger partial charge in [-0.25, -0.2) is 16.8 Å². The van der Waals surface area contributed by atoms with Gasteiger partial charge < -0.3 is 20.6 Å². The predicted octanol–water partition coefficient (Wildman–Crippen LogP) is -6.18. The molecule has 108 valence electrons. The Morgan fingerprint density at radius 2 is 1.05 bits per heavy atom. The van der Waals surface area contributed by atoms with Crippen LogP contribution in [0.2, 0.25) is 0 Å². The molecule has 0 aromatic heterocycles. The Morgan fingerprint density at radius 1 is 0.727 bits per heavy atom. The molecule has 0 heterocycles. The predicted molar refractivity (Wildman–Crippen MR) is 68.7 cm³/mol. The van der Waals surface area contributed by atoms with E-state index < -0.39 is 30.0 Å². The van der Waals surface area contributed by atoms with Crippen molar-refractivity contribution < 1.29 is 85.1 Å². The molecule has 2 aromatic rings. The molecular formula is C10H8N2Na2O6S2. The molecule has 0 amide bonds. The Morgan fingerprint density at radius 3 is 1.32 bits per heavy atom. The zero-order valence-corrected chi connectivity index (χ0v) is 17.4. The first-order chi connectivity index (χ1) is 9.00. The molecule has 12 heteroatoms. The minimum atomic E-state index is -4.78. The summed E-state index contributed by atoms with van der Waals surface area (Å²) in [5, 5.41) is 0.152. The molecule has 0 bridgehead atoms. The number of benzene rings is 2. The number of nitrogen functional groups attached to an aromatic ring is 2. The SMILES string of the molecule is Nc1cc(S(=O)(=O)[O-])cc2cc(S(=O)(=O)[O-])cc(N)c12.[Na+].[Na+]. The first-order valence-electron chi connectivity index (χ1n) is 5.04. The fourth-order valence-electron chi connectivity index (χ4n) is 1.82. The van der Waals surface area contributed by atoms with Gasteiger partial charge in [0.05, 0.1) is 9.79 Å². The molecule has 22 heavy (non-hydrogen) atoms. The minimum absolute atomic E-state index is 0. The third-order valence-corrected chi connectivity index (χ3v) is 4.26. The summed E-state index contributed by atoms with van der Waals surface area (Å²) in [6.45, 7) is 0. The van der Waals surface area contributed by atoms with Gasteiger partial charge in [0.2, 0.25) is 0 Å². The minimum Gasteiger partial charge on any atom is -0.744 e. The fourth-order valence-corrected chi connectivity index (χ4v) is 2.90. The Hall–Kier alpha value is 0.120. The van der Waals surface area contributed by atoms with Crippen LogP contribution in [0.4, 0.5) is 11.4 Å².